The van der Waals surface area contributed by atoms with Crippen molar-refractivity contribution in [3.8, 4) is 0 Å². The number of carbonyl (C=O) groups excluding carboxylic acids is 2. The standard InChI is InChI=1S/C24H28N2O2/c27-23(8-4-7-18-5-2-1-3-6-18)26(22-15-16-22)17-19-9-11-20(12-10-19)24(28)25-21-13-14-21/h1-3,5-6,9-12,21-22H,4,7-8,13-17H2,(H,25,28). The molecule has 0 spiro atoms. The zero-order valence-electron chi connectivity index (χ0n) is 16.3. The van der Waals surface area contributed by atoms with Gasteiger partial charge in [0.05, 0.1) is 0 Å². The van der Waals surface area contributed by atoms with Crippen LogP contribution in [-0.4, -0.2) is 28.8 Å². The van der Waals surface area contributed by atoms with Gasteiger partial charge in [-0.3, -0.25) is 9.59 Å². The lowest BCUT2D eigenvalue weighted by molar-refractivity contribution is -0.132. The van der Waals surface area contributed by atoms with Crippen LogP contribution in [-0.2, 0) is 17.8 Å². The average Bonchev–Trinajstić information content (AvgIpc) is 3.62. The summed E-state index contributed by atoms with van der Waals surface area (Å²) in [7, 11) is 0. The fraction of sp³-hybridized carbons (Fsp3) is 0.417. The monoisotopic (exact) mass is 376 g/mol. The largest absolute Gasteiger partial charge is 0.349 e. The zero-order valence-corrected chi connectivity index (χ0v) is 16.3. The maximum absolute atomic E-state index is 12.8. The molecule has 2 saturated carbocycles. The van der Waals surface area contributed by atoms with Crippen LogP contribution in [0.1, 0.15) is 60.0 Å². The predicted molar refractivity (Wildman–Crippen MR) is 110 cm³/mol. The average molecular weight is 377 g/mol. The molecular formula is C24H28N2O2. The lowest BCUT2D eigenvalue weighted by Gasteiger charge is -2.23. The van der Waals surface area contributed by atoms with Crippen LogP contribution in [0.15, 0.2) is 54.6 Å². The van der Waals surface area contributed by atoms with Crippen LogP contribution in [0.25, 0.3) is 0 Å². The Morgan fingerprint density at radius 2 is 1.61 bits per heavy atom. The molecule has 0 aromatic heterocycles. The second-order valence-corrected chi connectivity index (χ2v) is 8.04. The maximum Gasteiger partial charge on any atom is 0.251 e. The third kappa shape index (κ3) is 5.22. The first-order valence-corrected chi connectivity index (χ1v) is 10.4. The van der Waals surface area contributed by atoms with E-state index >= 15 is 0 Å². The third-order valence-corrected chi connectivity index (χ3v) is 5.49. The first kappa shape index (κ1) is 18.7. The molecule has 2 aromatic carbocycles. The number of amides is 2. The van der Waals surface area contributed by atoms with Crippen LogP contribution >= 0.6 is 0 Å². The molecule has 4 nitrogen and oxygen atoms in total. The van der Waals surface area contributed by atoms with E-state index in [-0.39, 0.29) is 11.8 Å². The molecule has 28 heavy (non-hydrogen) atoms. The molecule has 2 aliphatic carbocycles. The van der Waals surface area contributed by atoms with Crippen LogP contribution < -0.4 is 5.32 Å². The Balaban J connectivity index is 1.30. The van der Waals surface area contributed by atoms with E-state index in [2.05, 4.69) is 17.4 Å². The van der Waals surface area contributed by atoms with Crippen LogP contribution in [0.2, 0.25) is 0 Å². The molecule has 2 fully saturated rings. The molecule has 4 rings (SSSR count). The van der Waals surface area contributed by atoms with Gasteiger partial charge in [0.1, 0.15) is 0 Å². The highest BCUT2D eigenvalue weighted by Crippen LogP contribution is 2.29. The van der Waals surface area contributed by atoms with Crippen LogP contribution in [0.5, 0.6) is 0 Å². The number of rotatable bonds is 9. The van der Waals surface area contributed by atoms with Crippen molar-refractivity contribution in [3.63, 3.8) is 0 Å². The maximum atomic E-state index is 12.8. The molecule has 0 radical (unpaired) electrons. The molecular weight excluding hydrogens is 348 g/mol. The Labute approximate surface area is 166 Å². The molecule has 1 N–H and O–H groups in total. The SMILES string of the molecule is O=C(NC1CC1)c1ccc(CN(C(=O)CCCc2ccccc2)C2CC2)cc1. The fourth-order valence-electron chi connectivity index (χ4n) is 3.49. The quantitative estimate of drug-likeness (QED) is 0.716. The number of benzene rings is 2. The Morgan fingerprint density at radius 3 is 2.25 bits per heavy atom. The summed E-state index contributed by atoms with van der Waals surface area (Å²) in [5.74, 6) is 0.249. The van der Waals surface area contributed by atoms with Crippen molar-refractivity contribution in [2.45, 2.75) is 63.6 Å². The molecule has 2 amide bonds. The number of nitrogens with zero attached hydrogens (tertiary/aromatic N) is 1. The van der Waals surface area contributed by atoms with Gasteiger partial charge in [0.2, 0.25) is 5.91 Å². The molecule has 0 unspecified atom stereocenters. The minimum Gasteiger partial charge on any atom is -0.349 e. The summed E-state index contributed by atoms with van der Waals surface area (Å²) >= 11 is 0. The number of carbonyl (C=O) groups is 2. The lowest BCUT2D eigenvalue weighted by atomic mass is 10.1. The predicted octanol–water partition coefficient (Wildman–Crippen LogP) is 4.09. The van der Waals surface area contributed by atoms with Crippen LogP contribution in [0, 0.1) is 0 Å². The van der Waals surface area contributed by atoms with Gasteiger partial charge in [-0.1, -0.05) is 42.5 Å². The van der Waals surface area contributed by atoms with E-state index in [9.17, 15) is 9.59 Å². The first-order chi connectivity index (χ1) is 13.7. The van der Waals surface area contributed by atoms with Crippen molar-refractivity contribution in [2.24, 2.45) is 0 Å². The molecule has 146 valence electrons. The van der Waals surface area contributed by atoms with Gasteiger partial charge < -0.3 is 10.2 Å². The number of hydrogen-bond donors (Lipinski definition) is 1. The van der Waals surface area contributed by atoms with Gasteiger partial charge in [-0.05, 0) is 61.8 Å². The smallest absolute Gasteiger partial charge is 0.251 e. The topological polar surface area (TPSA) is 49.4 Å². The number of nitrogens with one attached hydrogen (secondary N) is 1. The second-order valence-electron chi connectivity index (χ2n) is 8.04. The Morgan fingerprint density at radius 1 is 0.893 bits per heavy atom. The molecule has 4 heteroatoms. The van der Waals surface area contributed by atoms with E-state index in [1.807, 2.05) is 47.4 Å². The van der Waals surface area contributed by atoms with Crippen molar-refractivity contribution >= 4 is 11.8 Å². The van der Waals surface area contributed by atoms with Gasteiger partial charge in [-0.15, -0.1) is 0 Å². The van der Waals surface area contributed by atoms with Gasteiger partial charge in [0, 0.05) is 30.6 Å². The highest BCUT2D eigenvalue weighted by Gasteiger charge is 2.32. The van der Waals surface area contributed by atoms with E-state index in [1.54, 1.807) is 0 Å². The zero-order chi connectivity index (χ0) is 19.3. The van der Waals surface area contributed by atoms with Gasteiger partial charge >= 0.3 is 0 Å². The number of aryl methyl sites for hydroxylation is 1. The summed E-state index contributed by atoms with van der Waals surface area (Å²) in [6.45, 7) is 0.638. The molecule has 0 aliphatic heterocycles. The summed E-state index contributed by atoms with van der Waals surface area (Å²) in [4.78, 5) is 26.9. The fourth-order valence-corrected chi connectivity index (χ4v) is 3.49. The molecule has 2 aliphatic rings. The van der Waals surface area contributed by atoms with E-state index < -0.39 is 0 Å². The van der Waals surface area contributed by atoms with Gasteiger partial charge in [0.25, 0.3) is 5.91 Å². The van der Waals surface area contributed by atoms with Crippen molar-refractivity contribution in [2.75, 3.05) is 0 Å². The summed E-state index contributed by atoms with van der Waals surface area (Å²) in [6, 6.07) is 18.8. The lowest BCUT2D eigenvalue weighted by Crippen LogP contribution is -2.32. The van der Waals surface area contributed by atoms with E-state index in [0.29, 0.717) is 30.6 Å². The molecule has 0 atom stereocenters. The third-order valence-electron chi connectivity index (χ3n) is 5.49. The molecule has 0 bridgehead atoms. The number of hydrogen-bond acceptors (Lipinski definition) is 2. The van der Waals surface area contributed by atoms with Gasteiger partial charge in [0.15, 0.2) is 0 Å². The summed E-state index contributed by atoms with van der Waals surface area (Å²) in [5.41, 5.74) is 3.07. The Kier molecular flexibility index (Phi) is 5.75. The second kappa shape index (κ2) is 8.59. The van der Waals surface area contributed by atoms with Gasteiger partial charge in [-0.25, -0.2) is 0 Å². The Hall–Kier alpha value is -2.62. The highest BCUT2D eigenvalue weighted by atomic mass is 16.2. The first-order valence-electron chi connectivity index (χ1n) is 10.4. The minimum atomic E-state index is 0.00471. The van der Waals surface area contributed by atoms with Crippen molar-refractivity contribution in [1.82, 2.24) is 10.2 Å². The molecule has 0 heterocycles. The highest BCUT2D eigenvalue weighted by molar-refractivity contribution is 5.94. The van der Waals surface area contributed by atoms with Crippen molar-refractivity contribution in [3.05, 3.63) is 71.3 Å². The summed E-state index contributed by atoms with van der Waals surface area (Å²) in [6.07, 6.45) is 6.80. The normalized spacial score (nSPS) is 15.9. The van der Waals surface area contributed by atoms with Crippen LogP contribution in [0.3, 0.4) is 0 Å². The molecule has 2 aromatic rings. The summed E-state index contributed by atoms with van der Waals surface area (Å²) < 4.78 is 0. The van der Waals surface area contributed by atoms with E-state index in [4.69, 9.17) is 0 Å². The van der Waals surface area contributed by atoms with E-state index in [1.165, 1.54) is 5.56 Å². The van der Waals surface area contributed by atoms with Crippen LogP contribution in [0.4, 0.5) is 0 Å². The van der Waals surface area contributed by atoms with E-state index in [0.717, 1.165) is 44.1 Å². The molecule has 0 saturated heterocycles. The van der Waals surface area contributed by atoms with Crippen molar-refractivity contribution in [1.29, 1.82) is 0 Å². The summed E-state index contributed by atoms with van der Waals surface area (Å²) in [5, 5.41) is 3.01. The van der Waals surface area contributed by atoms with Crippen molar-refractivity contribution < 1.29 is 9.59 Å². The van der Waals surface area contributed by atoms with Gasteiger partial charge in [-0.2, -0.15) is 0 Å². The minimum absolute atomic E-state index is 0.00471. The Bertz CT molecular complexity index is 808.